The third-order valence-corrected chi connectivity index (χ3v) is 5.64. The Kier molecular flexibility index (Phi) is 7.46. The molecule has 0 aromatic carbocycles. The predicted octanol–water partition coefficient (Wildman–Crippen LogP) is 3.28. The third-order valence-electron chi connectivity index (χ3n) is 4.85. The average Bonchev–Trinajstić information content (AvgIpc) is 2.95. The Morgan fingerprint density at radius 3 is 2.69 bits per heavy atom. The van der Waals surface area contributed by atoms with E-state index in [1.54, 1.807) is 11.1 Å². The molecule has 0 spiro atoms. The van der Waals surface area contributed by atoms with Gasteiger partial charge in [0.15, 0.2) is 0 Å². The number of amides is 1. The Morgan fingerprint density at radius 1 is 1.34 bits per heavy atom. The number of aromatic nitrogens is 4. The molecule has 1 aliphatic rings. The van der Waals surface area contributed by atoms with E-state index in [0.717, 1.165) is 21.5 Å². The Balaban J connectivity index is 1.78. The molecule has 11 heteroatoms. The molecule has 3 rings (SSSR count). The second kappa shape index (κ2) is 9.75. The van der Waals surface area contributed by atoms with Crippen molar-refractivity contribution in [2.75, 3.05) is 18.4 Å². The van der Waals surface area contributed by atoms with E-state index in [1.807, 2.05) is 25.3 Å². The van der Waals surface area contributed by atoms with Crippen LogP contribution in [0.15, 0.2) is 6.20 Å². The van der Waals surface area contributed by atoms with Crippen LogP contribution in [-0.2, 0) is 20.7 Å². The monoisotopic (exact) mass is 558 g/mol. The van der Waals surface area contributed by atoms with Gasteiger partial charge in [0, 0.05) is 19.9 Å². The van der Waals surface area contributed by atoms with E-state index in [-0.39, 0.29) is 12.6 Å². The number of nitrogens with zero attached hydrogens (tertiary/aromatic N) is 5. The van der Waals surface area contributed by atoms with E-state index in [1.165, 1.54) is 6.92 Å². The van der Waals surface area contributed by atoms with Crippen molar-refractivity contribution in [2.45, 2.75) is 72.1 Å². The number of piperidine rings is 1. The highest BCUT2D eigenvalue weighted by molar-refractivity contribution is 14.1. The van der Waals surface area contributed by atoms with Gasteiger partial charge in [0.25, 0.3) is 0 Å². The largest absolute Gasteiger partial charge is 0.458 e. The highest BCUT2D eigenvalue weighted by Gasteiger charge is 2.36. The first-order valence-corrected chi connectivity index (χ1v) is 11.8. The van der Waals surface area contributed by atoms with Gasteiger partial charge < -0.3 is 19.7 Å². The molecule has 2 aromatic heterocycles. The van der Waals surface area contributed by atoms with Crippen molar-refractivity contribution in [1.29, 1.82) is 0 Å². The molecular formula is C21H31IN6O4. The number of fused-ring (bicyclic) bond motifs is 1. The van der Waals surface area contributed by atoms with E-state index in [0.29, 0.717) is 24.8 Å². The maximum atomic E-state index is 12.5. The van der Waals surface area contributed by atoms with Crippen LogP contribution >= 0.6 is 22.6 Å². The number of ether oxygens (including phenoxy) is 2. The van der Waals surface area contributed by atoms with Gasteiger partial charge in [-0.15, -0.1) is 5.10 Å². The van der Waals surface area contributed by atoms with E-state index in [4.69, 9.17) is 9.47 Å². The van der Waals surface area contributed by atoms with Gasteiger partial charge in [-0.25, -0.2) is 19.3 Å². The van der Waals surface area contributed by atoms with Crippen molar-refractivity contribution in [1.82, 2.24) is 24.5 Å². The SMILES string of the molecule is CC(=O)O[C@@H]1CN(C(=O)OC(C)(C)C)CC[C@H]1Nc1ncc2c(I)nc(CC(C)C)n2n1. The Morgan fingerprint density at radius 2 is 2.06 bits per heavy atom. The summed E-state index contributed by atoms with van der Waals surface area (Å²) < 4.78 is 13.7. The van der Waals surface area contributed by atoms with Crippen molar-refractivity contribution < 1.29 is 19.1 Å². The first kappa shape index (κ1) is 24.5. The number of imidazole rings is 1. The fourth-order valence-corrected chi connectivity index (χ4v) is 4.19. The molecule has 1 saturated heterocycles. The Hall–Kier alpha value is -2.18. The number of nitrogens with one attached hydrogen (secondary N) is 1. The fraction of sp³-hybridized carbons (Fsp3) is 0.667. The summed E-state index contributed by atoms with van der Waals surface area (Å²) in [4.78, 5) is 34.8. The zero-order chi connectivity index (χ0) is 23.6. The quantitative estimate of drug-likeness (QED) is 0.440. The van der Waals surface area contributed by atoms with Crippen LogP contribution in [0.2, 0.25) is 0 Å². The number of esters is 1. The molecule has 3 heterocycles. The minimum absolute atomic E-state index is 0.232. The summed E-state index contributed by atoms with van der Waals surface area (Å²) in [6, 6.07) is -0.244. The minimum Gasteiger partial charge on any atom is -0.458 e. The summed E-state index contributed by atoms with van der Waals surface area (Å²) in [6.07, 6.45) is 2.12. The number of anilines is 1. The predicted molar refractivity (Wildman–Crippen MR) is 127 cm³/mol. The van der Waals surface area contributed by atoms with E-state index in [9.17, 15) is 9.59 Å². The van der Waals surface area contributed by atoms with Gasteiger partial charge in [-0.1, -0.05) is 13.8 Å². The highest BCUT2D eigenvalue weighted by Crippen LogP contribution is 2.22. The van der Waals surface area contributed by atoms with Crippen LogP contribution in [0, 0.1) is 9.62 Å². The molecular weight excluding hydrogens is 527 g/mol. The number of rotatable bonds is 5. The maximum absolute atomic E-state index is 12.5. The lowest BCUT2D eigenvalue weighted by Gasteiger charge is -2.38. The van der Waals surface area contributed by atoms with Crippen molar-refractivity contribution in [3.8, 4) is 0 Å². The minimum atomic E-state index is -0.595. The second-order valence-electron chi connectivity index (χ2n) is 9.41. The van der Waals surface area contributed by atoms with Crippen LogP contribution in [0.1, 0.15) is 53.8 Å². The van der Waals surface area contributed by atoms with Crippen molar-refractivity contribution in [3.63, 3.8) is 0 Å². The average molecular weight is 558 g/mol. The Bertz CT molecular complexity index is 987. The standard InChI is InChI=1S/C21H31IN6O4/c1-12(2)9-17-25-18(22)15-10-23-19(26-28(15)17)24-14-7-8-27(11-16(14)31-13(3)29)20(30)32-21(4,5)6/h10,12,14,16H,7-9,11H2,1-6H3,(H,24,26)/t14-,16-/m1/s1. The van der Waals surface area contributed by atoms with Crippen molar-refractivity contribution in [3.05, 3.63) is 15.7 Å². The number of halogens is 1. The molecule has 2 aromatic rings. The molecule has 0 bridgehead atoms. The van der Waals surface area contributed by atoms with Gasteiger partial charge in [0.1, 0.15) is 26.7 Å². The zero-order valence-electron chi connectivity index (χ0n) is 19.4. The number of likely N-dealkylation sites (tertiary alicyclic amines) is 1. The third kappa shape index (κ3) is 6.20. The van der Waals surface area contributed by atoms with E-state index in [2.05, 4.69) is 56.8 Å². The molecule has 176 valence electrons. The number of carbonyl (C=O) groups excluding carboxylic acids is 2. The van der Waals surface area contributed by atoms with Gasteiger partial charge in [0.2, 0.25) is 5.95 Å². The Labute approximate surface area is 201 Å². The van der Waals surface area contributed by atoms with E-state index >= 15 is 0 Å². The molecule has 1 aliphatic heterocycles. The van der Waals surface area contributed by atoms with Gasteiger partial charge in [0.05, 0.1) is 18.8 Å². The number of hydrogen-bond donors (Lipinski definition) is 1. The number of carbonyl (C=O) groups is 2. The molecule has 1 fully saturated rings. The van der Waals surface area contributed by atoms with Crippen LogP contribution in [0.4, 0.5) is 10.7 Å². The van der Waals surface area contributed by atoms with Crippen LogP contribution in [0.3, 0.4) is 0 Å². The van der Waals surface area contributed by atoms with Gasteiger partial charge in [-0.2, -0.15) is 0 Å². The molecule has 2 atom stereocenters. The van der Waals surface area contributed by atoms with Crippen LogP contribution in [-0.4, -0.2) is 67.4 Å². The fourth-order valence-electron chi connectivity index (χ4n) is 3.54. The van der Waals surface area contributed by atoms with E-state index < -0.39 is 23.8 Å². The van der Waals surface area contributed by atoms with Gasteiger partial charge in [-0.05, 0) is 55.7 Å². The molecule has 0 saturated carbocycles. The number of hydrogen-bond acceptors (Lipinski definition) is 8. The summed E-state index contributed by atoms with van der Waals surface area (Å²) in [5.74, 6) is 1.33. The van der Waals surface area contributed by atoms with Gasteiger partial charge >= 0.3 is 12.1 Å². The van der Waals surface area contributed by atoms with Crippen LogP contribution < -0.4 is 5.32 Å². The van der Waals surface area contributed by atoms with Gasteiger partial charge in [-0.3, -0.25) is 4.79 Å². The summed E-state index contributed by atoms with van der Waals surface area (Å²) in [5.41, 5.74) is 0.255. The first-order valence-electron chi connectivity index (χ1n) is 10.7. The molecule has 10 nitrogen and oxygen atoms in total. The molecule has 32 heavy (non-hydrogen) atoms. The topological polar surface area (TPSA) is 111 Å². The van der Waals surface area contributed by atoms with Crippen LogP contribution in [0.5, 0.6) is 0 Å². The lowest BCUT2D eigenvalue weighted by Crippen LogP contribution is -2.54. The first-order chi connectivity index (χ1) is 14.9. The maximum Gasteiger partial charge on any atom is 0.410 e. The normalized spacial score (nSPS) is 19.3. The van der Waals surface area contributed by atoms with Crippen molar-refractivity contribution in [2.24, 2.45) is 5.92 Å². The lowest BCUT2D eigenvalue weighted by atomic mass is 10.0. The zero-order valence-corrected chi connectivity index (χ0v) is 21.5. The van der Waals surface area contributed by atoms with Crippen LogP contribution in [0.25, 0.3) is 5.52 Å². The lowest BCUT2D eigenvalue weighted by molar-refractivity contribution is -0.149. The summed E-state index contributed by atoms with van der Waals surface area (Å²) in [5, 5.41) is 7.94. The molecule has 0 unspecified atom stereocenters. The smallest absolute Gasteiger partial charge is 0.410 e. The molecule has 1 amide bonds. The highest BCUT2D eigenvalue weighted by atomic mass is 127. The summed E-state index contributed by atoms with van der Waals surface area (Å²) in [7, 11) is 0. The summed E-state index contributed by atoms with van der Waals surface area (Å²) >= 11 is 2.19. The second-order valence-corrected chi connectivity index (χ2v) is 10.4. The van der Waals surface area contributed by atoms with Crippen molar-refractivity contribution >= 4 is 46.1 Å². The summed E-state index contributed by atoms with van der Waals surface area (Å²) in [6.45, 7) is 11.8. The molecule has 1 N–H and O–H groups in total. The molecule has 0 aliphatic carbocycles. The molecule has 0 radical (unpaired) electrons.